The van der Waals surface area contributed by atoms with E-state index in [1.54, 1.807) is 20.8 Å². The summed E-state index contributed by atoms with van der Waals surface area (Å²) in [7, 11) is 0. The van der Waals surface area contributed by atoms with Crippen molar-refractivity contribution in [1.82, 2.24) is 0 Å². The van der Waals surface area contributed by atoms with Crippen LogP contribution in [0.5, 0.6) is 5.75 Å². The molecule has 1 aromatic carbocycles. The Morgan fingerprint density at radius 2 is 1.57 bits per heavy atom. The highest BCUT2D eigenvalue weighted by Crippen LogP contribution is 2.32. The summed E-state index contributed by atoms with van der Waals surface area (Å²) in [5, 5.41) is 0. The van der Waals surface area contributed by atoms with Crippen LogP contribution in [0.15, 0.2) is 22.6 Å². The van der Waals surface area contributed by atoms with Crippen LogP contribution in [0.25, 0.3) is 0 Å². The maximum Gasteiger partial charge on any atom is 0.434 e. The minimum Gasteiger partial charge on any atom is -0.493 e. The standard InChI is InChI=1S/C18H22F7NOS.C2H6/c1-16(2,3)28-26-15(18(23,24)25)13-8-7-12(11-14(13)19)27-10-6-4-5-9-17(20,21)22;1-2/h7-8,11H,4-6,9-10H2,1-3H3;1-2H3/b26-15+;. The van der Waals surface area contributed by atoms with E-state index >= 15 is 0 Å². The van der Waals surface area contributed by atoms with Crippen molar-refractivity contribution in [3.8, 4) is 5.75 Å². The third kappa shape index (κ3) is 12.3. The van der Waals surface area contributed by atoms with Crippen LogP contribution in [-0.2, 0) is 0 Å². The van der Waals surface area contributed by atoms with Gasteiger partial charge in [-0.1, -0.05) is 13.8 Å². The van der Waals surface area contributed by atoms with Gasteiger partial charge >= 0.3 is 12.4 Å². The third-order valence-electron chi connectivity index (χ3n) is 3.25. The Bertz CT molecular complexity index is 665. The molecule has 0 heterocycles. The predicted molar refractivity (Wildman–Crippen MR) is 108 cm³/mol. The SMILES string of the molecule is CC.CC(C)(C)S/N=C(\c1ccc(OCCCCCC(F)(F)F)cc1F)C(F)(F)F. The normalized spacial score (nSPS) is 13.0. The van der Waals surface area contributed by atoms with Gasteiger partial charge in [-0.15, -0.1) is 0 Å². The first-order chi connectivity index (χ1) is 13.7. The zero-order chi connectivity index (χ0) is 23.6. The van der Waals surface area contributed by atoms with Crippen molar-refractivity contribution in [3.05, 3.63) is 29.6 Å². The summed E-state index contributed by atoms with van der Waals surface area (Å²) in [6.45, 7) is 9.07. The van der Waals surface area contributed by atoms with Gasteiger partial charge < -0.3 is 4.74 Å². The second-order valence-corrected chi connectivity index (χ2v) is 8.65. The molecule has 30 heavy (non-hydrogen) atoms. The van der Waals surface area contributed by atoms with E-state index in [0.29, 0.717) is 18.4 Å². The topological polar surface area (TPSA) is 21.6 Å². The largest absolute Gasteiger partial charge is 0.493 e. The van der Waals surface area contributed by atoms with E-state index in [1.165, 1.54) is 6.07 Å². The molecule has 0 saturated heterocycles. The van der Waals surface area contributed by atoms with Crippen molar-refractivity contribution in [2.45, 2.75) is 77.4 Å². The van der Waals surface area contributed by atoms with Gasteiger partial charge in [0.25, 0.3) is 0 Å². The van der Waals surface area contributed by atoms with Crippen molar-refractivity contribution in [1.29, 1.82) is 0 Å². The first-order valence-electron chi connectivity index (χ1n) is 9.52. The lowest BCUT2D eigenvalue weighted by molar-refractivity contribution is -0.135. The Balaban J connectivity index is 0.00000407. The Kier molecular flexibility index (Phi) is 11.8. The molecule has 1 aromatic rings. The molecule has 0 saturated carbocycles. The Morgan fingerprint density at radius 1 is 0.967 bits per heavy atom. The number of unbranched alkanes of at least 4 members (excludes halogenated alkanes) is 2. The molecule has 0 radical (unpaired) electrons. The Labute approximate surface area is 177 Å². The van der Waals surface area contributed by atoms with E-state index in [-0.39, 0.29) is 25.2 Å². The van der Waals surface area contributed by atoms with Gasteiger partial charge in [0.05, 0.1) is 6.61 Å². The van der Waals surface area contributed by atoms with E-state index in [1.807, 2.05) is 13.8 Å². The minimum atomic E-state index is -4.83. The molecule has 0 aliphatic heterocycles. The average Bonchev–Trinajstić information content (AvgIpc) is 2.58. The number of benzene rings is 1. The molecule has 10 heteroatoms. The van der Waals surface area contributed by atoms with Crippen LogP contribution < -0.4 is 4.74 Å². The molecule has 174 valence electrons. The third-order valence-corrected chi connectivity index (χ3v) is 4.07. The van der Waals surface area contributed by atoms with Gasteiger partial charge in [0.2, 0.25) is 0 Å². The molecule has 0 atom stereocenters. The summed E-state index contributed by atoms with van der Waals surface area (Å²) in [5.41, 5.74) is -2.02. The Hall–Kier alpha value is -1.45. The van der Waals surface area contributed by atoms with Gasteiger partial charge in [-0.25, -0.2) is 8.79 Å². The Morgan fingerprint density at radius 3 is 2.03 bits per heavy atom. The maximum atomic E-state index is 14.2. The van der Waals surface area contributed by atoms with Crippen LogP contribution in [-0.4, -0.2) is 29.4 Å². The zero-order valence-electron chi connectivity index (χ0n) is 17.7. The lowest BCUT2D eigenvalue weighted by Gasteiger charge is -2.17. The summed E-state index contributed by atoms with van der Waals surface area (Å²) < 4.78 is 98.1. The summed E-state index contributed by atoms with van der Waals surface area (Å²) in [6.07, 6.45) is -9.38. The van der Waals surface area contributed by atoms with E-state index < -0.39 is 40.6 Å². The first-order valence-corrected chi connectivity index (χ1v) is 10.3. The number of nitrogens with zero attached hydrogens (tertiary/aromatic N) is 1. The molecule has 0 bridgehead atoms. The zero-order valence-corrected chi connectivity index (χ0v) is 18.5. The van der Waals surface area contributed by atoms with Crippen molar-refractivity contribution < 1.29 is 35.5 Å². The average molecular weight is 464 g/mol. The van der Waals surface area contributed by atoms with Crippen molar-refractivity contribution in [2.24, 2.45) is 4.40 Å². The highest BCUT2D eigenvalue weighted by molar-refractivity contribution is 7.99. The number of halogens is 7. The van der Waals surface area contributed by atoms with E-state index in [0.717, 1.165) is 12.1 Å². The number of rotatable bonds is 8. The molecule has 0 aromatic heterocycles. The summed E-state index contributed by atoms with van der Waals surface area (Å²) >= 11 is 0.689. The molecular formula is C20H28F7NOS. The summed E-state index contributed by atoms with van der Waals surface area (Å²) in [6, 6.07) is 2.93. The van der Waals surface area contributed by atoms with Crippen LogP contribution in [0.4, 0.5) is 30.7 Å². The summed E-state index contributed by atoms with van der Waals surface area (Å²) in [5.74, 6) is -1.14. The maximum absolute atomic E-state index is 14.2. The highest BCUT2D eigenvalue weighted by atomic mass is 32.2. The van der Waals surface area contributed by atoms with Crippen LogP contribution in [0.1, 0.15) is 65.9 Å². The van der Waals surface area contributed by atoms with Crippen molar-refractivity contribution in [2.75, 3.05) is 6.61 Å². The highest BCUT2D eigenvalue weighted by Gasteiger charge is 2.39. The molecule has 0 aliphatic carbocycles. The smallest absolute Gasteiger partial charge is 0.434 e. The van der Waals surface area contributed by atoms with Gasteiger partial charge in [0.1, 0.15) is 11.6 Å². The lowest BCUT2D eigenvalue weighted by Crippen LogP contribution is -2.25. The van der Waals surface area contributed by atoms with Gasteiger partial charge in [0, 0.05) is 22.8 Å². The van der Waals surface area contributed by atoms with Gasteiger partial charge in [-0.3, -0.25) is 0 Å². The minimum absolute atomic E-state index is 0.00192. The summed E-state index contributed by atoms with van der Waals surface area (Å²) in [4.78, 5) is 0. The molecule has 0 aliphatic rings. The van der Waals surface area contributed by atoms with Crippen molar-refractivity contribution in [3.63, 3.8) is 0 Å². The molecule has 1 rings (SSSR count). The van der Waals surface area contributed by atoms with Crippen LogP contribution in [0.2, 0.25) is 0 Å². The second-order valence-electron chi connectivity index (χ2n) is 7.06. The van der Waals surface area contributed by atoms with Crippen LogP contribution >= 0.6 is 11.9 Å². The first kappa shape index (κ1) is 28.5. The van der Waals surface area contributed by atoms with E-state index in [9.17, 15) is 30.7 Å². The number of alkyl halides is 6. The predicted octanol–water partition coefficient (Wildman–Crippen LogP) is 8.15. The molecule has 0 spiro atoms. The fourth-order valence-electron chi connectivity index (χ4n) is 2.01. The molecule has 0 unspecified atom stereocenters. The quantitative estimate of drug-likeness (QED) is 0.168. The fraction of sp³-hybridized carbons (Fsp3) is 0.650. The van der Waals surface area contributed by atoms with Gasteiger partial charge in [-0.2, -0.15) is 26.3 Å². The lowest BCUT2D eigenvalue weighted by atomic mass is 10.1. The molecule has 0 N–H and O–H groups in total. The number of ether oxygens (including phenoxy) is 1. The number of hydrogen-bond donors (Lipinski definition) is 0. The molecular weight excluding hydrogens is 435 g/mol. The van der Waals surface area contributed by atoms with Gasteiger partial charge in [-0.05, 0) is 64.1 Å². The van der Waals surface area contributed by atoms with E-state index in [4.69, 9.17) is 4.74 Å². The van der Waals surface area contributed by atoms with Crippen LogP contribution in [0, 0.1) is 5.82 Å². The molecule has 0 fully saturated rings. The molecule has 0 amide bonds. The second kappa shape index (κ2) is 12.4. The molecule has 2 nitrogen and oxygen atoms in total. The number of hydrogen-bond acceptors (Lipinski definition) is 3. The monoisotopic (exact) mass is 463 g/mol. The van der Waals surface area contributed by atoms with E-state index in [2.05, 4.69) is 4.40 Å². The fourth-order valence-corrected chi connectivity index (χ4v) is 2.58. The van der Waals surface area contributed by atoms with Gasteiger partial charge in [0.15, 0.2) is 5.71 Å². The van der Waals surface area contributed by atoms with Crippen LogP contribution in [0.3, 0.4) is 0 Å². The van der Waals surface area contributed by atoms with Crippen molar-refractivity contribution >= 4 is 17.7 Å².